The summed E-state index contributed by atoms with van der Waals surface area (Å²) in [4.78, 5) is 33.1. The number of nitro groups is 1. The number of thiophene rings is 1. The van der Waals surface area contributed by atoms with Crippen LogP contribution in [0.3, 0.4) is 0 Å². The van der Waals surface area contributed by atoms with E-state index in [1.807, 2.05) is 39.6 Å². The van der Waals surface area contributed by atoms with Gasteiger partial charge >= 0.3 is 0 Å². The van der Waals surface area contributed by atoms with Gasteiger partial charge in [0.15, 0.2) is 11.6 Å². The van der Waals surface area contributed by atoms with Crippen LogP contribution >= 0.6 is 11.3 Å². The lowest BCUT2D eigenvalue weighted by Crippen LogP contribution is -2.34. The zero-order valence-corrected chi connectivity index (χ0v) is 21.6. The van der Waals surface area contributed by atoms with Gasteiger partial charge in [0.1, 0.15) is 11.0 Å². The van der Waals surface area contributed by atoms with E-state index >= 15 is 0 Å². The van der Waals surface area contributed by atoms with E-state index < -0.39 is 10.7 Å². The molecule has 0 saturated carbocycles. The van der Waals surface area contributed by atoms with Crippen molar-refractivity contribution < 1.29 is 23.6 Å². The van der Waals surface area contributed by atoms with Gasteiger partial charge < -0.3 is 19.7 Å². The second-order valence-corrected chi connectivity index (χ2v) is 7.58. The minimum Gasteiger partial charge on any atom is -0.434 e. The molecule has 12 heteroatoms. The first-order chi connectivity index (χ1) is 16.9. The molecule has 2 heterocycles. The summed E-state index contributed by atoms with van der Waals surface area (Å²) in [5.74, 6) is -1.33. The highest BCUT2D eigenvalue weighted by molar-refractivity contribution is 7.21. The maximum atomic E-state index is 14.2. The summed E-state index contributed by atoms with van der Waals surface area (Å²) >= 11 is 1.11. The van der Waals surface area contributed by atoms with Crippen LogP contribution in [0.15, 0.2) is 30.6 Å². The molecular formula is C23H32FN5O5S. The van der Waals surface area contributed by atoms with E-state index in [1.165, 1.54) is 6.33 Å². The second kappa shape index (κ2) is 15.6. The number of carbonyl (C=O) groups is 1. The number of nitrogens with one attached hydrogen (secondary N) is 1. The number of hydrogen-bond donors (Lipinski definition) is 1. The lowest BCUT2D eigenvalue weighted by Gasteiger charge is -2.15. The molecule has 0 unspecified atom stereocenters. The monoisotopic (exact) mass is 509 g/mol. The number of amides is 1. The summed E-state index contributed by atoms with van der Waals surface area (Å²) in [6.45, 7) is 10.5. The maximum absolute atomic E-state index is 14.2. The van der Waals surface area contributed by atoms with Crippen molar-refractivity contribution in [3.8, 4) is 11.6 Å². The van der Waals surface area contributed by atoms with E-state index in [-0.39, 0.29) is 23.2 Å². The molecule has 192 valence electrons. The lowest BCUT2D eigenvalue weighted by molar-refractivity contribution is -0.385. The Hall–Kier alpha value is -3.22. The van der Waals surface area contributed by atoms with Gasteiger partial charge in [-0.25, -0.2) is 14.4 Å². The highest BCUT2D eigenvalue weighted by Crippen LogP contribution is 2.34. The Morgan fingerprint density at radius 2 is 1.91 bits per heavy atom. The second-order valence-electron chi connectivity index (χ2n) is 6.53. The van der Waals surface area contributed by atoms with E-state index in [4.69, 9.17) is 9.47 Å². The third-order valence-electron chi connectivity index (χ3n) is 4.29. The Balaban J connectivity index is 0.00000145. The molecule has 2 aromatic heterocycles. The Morgan fingerprint density at radius 1 is 1.20 bits per heavy atom. The van der Waals surface area contributed by atoms with Crippen LogP contribution in [0.1, 0.15) is 37.4 Å². The number of halogens is 1. The molecule has 1 N–H and O–H groups in total. The van der Waals surface area contributed by atoms with Crippen molar-refractivity contribution in [3.63, 3.8) is 0 Å². The van der Waals surface area contributed by atoms with Crippen molar-refractivity contribution in [1.82, 2.24) is 20.2 Å². The zero-order valence-electron chi connectivity index (χ0n) is 20.8. The van der Waals surface area contributed by atoms with Crippen LogP contribution in [0.4, 0.5) is 10.1 Å². The first kappa shape index (κ1) is 29.8. The number of aromatic nitrogens is 2. The summed E-state index contributed by atoms with van der Waals surface area (Å²) in [5.41, 5.74) is 0.0836. The number of rotatable bonds is 10. The van der Waals surface area contributed by atoms with E-state index in [1.54, 1.807) is 13.2 Å². The highest BCUT2D eigenvalue weighted by Gasteiger charge is 2.18. The molecule has 0 fully saturated rings. The number of fused-ring (bicyclic) bond motifs is 1. The summed E-state index contributed by atoms with van der Waals surface area (Å²) in [6.07, 6.45) is 1.24. The van der Waals surface area contributed by atoms with Crippen LogP contribution in [0, 0.1) is 15.9 Å². The zero-order chi connectivity index (χ0) is 26.4. The SMILES string of the molecule is CC.CC.COCCN(C)CCNC(=O)c1cc2ncnc(Oc3ccc([N+](=O)[O-])cc3F)c2s1. The van der Waals surface area contributed by atoms with Gasteiger partial charge in [-0.2, -0.15) is 0 Å². The summed E-state index contributed by atoms with van der Waals surface area (Å²) < 4.78 is 25.2. The molecule has 3 rings (SSSR count). The van der Waals surface area contributed by atoms with Crippen molar-refractivity contribution >= 4 is 33.1 Å². The fourth-order valence-corrected chi connectivity index (χ4v) is 3.57. The largest absolute Gasteiger partial charge is 0.434 e. The minimum absolute atomic E-state index is 0.0566. The van der Waals surface area contributed by atoms with Gasteiger partial charge in [0.05, 0.1) is 28.0 Å². The van der Waals surface area contributed by atoms with Crippen molar-refractivity contribution in [2.75, 3.05) is 40.4 Å². The Kier molecular flexibility index (Phi) is 13.3. The predicted molar refractivity (Wildman–Crippen MR) is 135 cm³/mol. The number of methoxy groups -OCH3 is 1. The van der Waals surface area contributed by atoms with Gasteiger partial charge in [-0.05, 0) is 19.2 Å². The fourth-order valence-electron chi connectivity index (χ4n) is 2.61. The average molecular weight is 510 g/mol. The summed E-state index contributed by atoms with van der Waals surface area (Å²) in [6, 6.07) is 4.66. The molecule has 0 aliphatic heterocycles. The number of benzene rings is 1. The molecule has 0 bridgehead atoms. The smallest absolute Gasteiger partial charge is 0.272 e. The van der Waals surface area contributed by atoms with Gasteiger partial charge in [-0.1, -0.05) is 27.7 Å². The molecule has 0 saturated heterocycles. The lowest BCUT2D eigenvalue weighted by atomic mass is 10.3. The normalized spacial score (nSPS) is 10.2. The van der Waals surface area contributed by atoms with Crippen molar-refractivity contribution in [1.29, 1.82) is 0 Å². The number of carbonyl (C=O) groups excluding carboxylic acids is 1. The van der Waals surface area contributed by atoms with Gasteiger partial charge in [-0.15, -0.1) is 11.3 Å². The summed E-state index contributed by atoms with van der Waals surface area (Å²) in [5, 5.41) is 13.6. The highest BCUT2D eigenvalue weighted by atomic mass is 32.1. The molecule has 3 aromatic rings. The van der Waals surface area contributed by atoms with Crippen molar-refractivity contribution in [2.24, 2.45) is 0 Å². The van der Waals surface area contributed by atoms with Crippen LogP contribution in [-0.4, -0.2) is 66.1 Å². The Bertz CT molecular complexity index is 1100. The number of likely N-dealkylation sites (N-methyl/N-ethyl adjacent to an activating group) is 1. The molecule has 0 aliphatic carbocycles. The van der Waals surface area contributed by atoms with Gasteiger partial charge in [0.2, 0.25) is 5.88 Å². The minimum atomic E-state index is -0.895. The number of nitro benzene ring substituents is 1. The molecule has 0 atom stereocenters. The van der Waals surface area contributed by atoms with Crippen LogP contribution < -0.4 is 10.1 Å². The first-order valence-corrected chi connectivity index (χ1v) is 12.0. The van der Waals surface area contributed by atoms with E-state index in [0.717, 1.165) is 36.1 Å². The third-order valence-corrected chi connectivity index (χ3v) is 5.40. The number of hydrogen-bond acceptors (Lipinski definition) is 9. The Morgan fingerprint density at radius 3 is 2.54 bits per heavy atom. The van der Waals surface area contributed by atoms with Crippen LogP contribution in [0.2, 0.25) is 0 Å². The first-order valence-electron chi connectivity index (χ1n) is 11.2. The third kappa shape index (κ3) is 8.81. The molecule has 10 nitrogen and oxygen atoms in total. The van der Waals surface area contributed by atoms with Crippen LogP contribution in [0.5, 0.6) is 11.6 Å². The Labute approximate surface area is 208 Å². The predicted octanol–water partition coefficient (Wildman–Crippen LogP) is 4.89. The molecule has 0 spiro atoms. The fraction of sp³-hybridized carbons (Fsp3) is 0.435. The summed E-state index contributed by atoms with van der Waals surface area (Å²) in [7, 11) is 3.56. The van der Waals surface area contributed by atoms with E-state index in [0.29, 0.717) is 34.8 Å². The van der Waals surface area contributed by atoms with Gasteiger partial charge in [-0.3, -0.25) is 14.9 Å². The molecule has 1 aromatic carbocycles. The van der Waals surface area contributed by atoms with Gasteiger partial charge in [0.25, 0.3) is 11.6 Å². The van der Waals surface area contributed by atoms with Crippen LogP contribution in [-0.2, 0) is 4.74 Å². The molecule has 1 amide bonds. The number of non-ortho nitro benzene ring substituents is 1. The maximum Gasteiger partial charge on any atom is 0.272 e. The van der Waals surface area contributed by atoms with Crippen molar-refractivity contribution in [3.05, 3.63) is 51.4 Å². The molecular weight excluding hydrogens is 477 g/mol. The topological polar surface area (TPSA) is 120 Å². The molecule has 35 heavy (non-hydrogen) atoms. The van der Waals surface area contributed by atoms with Gasteiger partial charge in [0, 0.05) is 32.8 Å². The quantitative estimate of drug-likeness (QED) is 0.303. The number of nitrogens with zero attached hydrogens (tertiary/aromatic N) is 4. The van der Waals surface area contributed by atoms with Crippen molar-refractivity contribution in [2.45, 2.75) is 27.7 Å². The number of ether oxygens (including phenoxy) is 2. The standard InChI is InChI=1S/C19H20FN5O5S.2C2H6/c1-24(7-8-29-2)6-5-21-18(26)16-10-14-17(31-16)19(23-11-22-14)30-15-4-3-12(25(27)28)9-13(15)20;2*1-2/h3-4,9-11H,5-8H2,1-2H3,(H,21,26);2*1-2H3. The molecule has 0 aliphatic rings. The van der Waals surface area contributed by atoms with E-state index in [2.05, 4.69) is 15.3 Å². The molecule has 0 radical (unpaired) electrons. The van der Waals surface area contributed by atoms with Crippen LogP contribution in [0.25, 0.3) is 10.2 Å². The average Bonchev–Trinajstić information content (AvgIpc) is 3.32. The van der Waals surface area contributed by atoms with E-state index in [9.17, 15) is 19.3 Å².